The molecule has 1 aliphatic carbocycles. The molecule has 0 saturated heterocycles. The summed E-state index contributed by atoms with van der Waals surface area (Å²) in [4.78, 5) is 4.73. The highest BCUT2D eigenvalue weighted by atomic mass is 35.5. The maximum absolute atomic E-state index is 6.27. The molecule has 36 heavy (non-hydrogen) atoms. The number of hydrogen-bond acceptors (Lipinski definition) is 3. The van der Waals surface area contributed by atoms with Gasteiger partial charge in [0, 0.05) is 28.4 Å². The van der Waals surface area contributed by atoms with Crippen molar-refractivity contribution in [1.29, 1.82) is 0 Å². The summed E-state index contributed by atoms with van der Waals surface area (Å²) in [6.45, 7) is 0.493. The van der Waals surface area contributed by atoms with Crippen LogP contribution in [0.3, 0.4) is 0 Å². The summed E-state index contributed by atoms with van der Waals surface area (Å²) in [5.74, 6) is 1.76. The summed E-state index contributed by atoms with van der Waals surface area (Å²) < 4.78 is 6.07. The van der Waals surface area contributed by atoms with Gasteiger partial charge in [-0.3, -0.25) is 4.99 Å². The number of benzene rings is 4. The molecule has 0 bridgehead atoms. The Morgan fingerprint density at radius 2 is 1.72 bits per heavy atom. The van der Waals surface area contributed by atoms with E-state index in [4.69, 9.17) is 21.3 Å². The van der Waals surface area contributed by atoms with E-state index in [1.54, 1.807) is 0 Å². The zero-order valence-electron chi connectivity index (χ0n) is 19.8. The number of aliphatic imine (C=N–C) groups is 1. The molecule has 0 fully saturated rings. The lowest BCUT2D eigenvalue weighted by Crippen LogP contribution is -2.28. The van der Waals surface area contributed by atoms with Crippen LogP contribution in [0.5, 0.6) is 5.75 Å². The summed E-state index contributed by atoms with van der Waals surface area (Å²) in [7, 11) is 0. The summed E-state index contributed by atoms with van der Waals surface area (Å²) in [5, 5.41) is 4.45. The Morgan fingerprint density at radius 1 is 0.917 bits per heavy atom. The molecule has 0 aromatic heterocycles. The highest BCUT2D eigenvalue weighted by molar-refractivity contribution is 6.30. The Balaban J connectivity index is 1.19. The average Bonchev–Trinajstić information content (AvgIpc) is 3.42. The minimum atomic E-state index is 0.281. The van der Waals surface area contributed by atoms with Gasteiger partial charge in [-0.15, -0.1) is 0 Å². The van der Waals surface area contributed by atoms with E-state index >= 15 is 0 Å². The zero-order chi connectivity index (χ0) is 24.3. The van der Waals surface area contributed by atoms with Crippen molar-refractivity contribution in [2.45, 2.75) is 25.0 Å². The second-order valence-corrected chi connectivity index (χ2v) is 9.81. The molecule has 178 valence electrons. The molecule has 3 atom stereocenters. The fourth-order valence-corrected chi connectivity index (χ4v) is 5.45. The number of ether oxygens (including phenoxy) is 1. The fourth-order valence-electron chi connectivity index (χ4n) is 5.27. The quantitative estimate of drug-likeness (QED) is 0.217. The predicted molar refractivity (Wildman–Crippen MR) is 149 cm³/mol. The number of nitrogens with zero attached hydrogens (tertiary/aromatic N) is 1. The van der Waals surface area contributed by atoms with Gasteiger partial charge in [0.25, 0.3) is 0 Å². The van der Waals surface area contributed by atoms with Crippen molar-refractivity contribution in [1.82, 2.24) is 0 Å². The Hall–Kier alpha value is -3.82. The Bertz CT molecular complexity index is 1410. The van der Waals surface area contributed by atoms with Gasteiger partial charge in [-0.25, -0.2) is 0 Å². The molecule has 1 aliphatic heterocycles. The number of fused-ring (bicyclic) bond motifs is 3. The molecule has 3 nitrogen and oxygen atoms in total. The molecular weight excluding hydrogens is 464 g/mol. The van der Waals surface area contributed by atoms with E-state index < -0.39 is 0 Å². The molecule has 0 spiro atoms. The first-order valence-electron chi connectivity index (χ1n) is 12.4. The summed E-state index contributed by atoms with van der Waals surface area (Å²) in [6, 6.07) is 33.3. The molecule has 0 amide bonds. The molecule has 6 rings (SSSR count). The van der Waals surface area contributed by atoms with E-state index in [0.717, 1.165) is 29.0 Å². The van der Waals surface area contributed by atoms with Gasteiger partial charge in [0.05, 0.1) is 11.7 Å². The largest absolute Gasteiger partial charge is 0.488 e. The lowest BCUT2D eigenvalue weighted by atomic mass is 9.77. The smallest absolute Gasteiger partial charge is 0.128 e. The first-order chi connectivity index (χ1) is 17.7. The molecule has 1 N–H and O–H groups in total. The van der Waals surface area contributed by atoms with Gasteiger partial charge in [0.2, 0.25) is 0 Å². The molecule has 4 aromatic carbocycles. The number of hydrogen-bond donors (Lipinski definition) is 1. The lowest BCUT2D eigenvalue weighted by molar-refractivity contribution is 0.306. The van der Waals surface area contributed by atoms with Crippen molar-refractivity contribution in [2.75, 3.05) is 5.32 Å². The van der Waals surface area contributed by atoms with Crippen molar-refractivity contribution in [3.63, 3.8) is 0 Å². The topological polar surface area (TPSA) is 33.6 Å². The summed E-state index contributed by atoms with van der Waals surface area (Å²) in [5.41, 5.74) is 6.79. The number of anilines is 1. The second-order valence-electron chi connectivity index (χ2n) is 9.37. The third kappa shape index (κ3) is 4.67. The van der Waals surface area contributed by atoms with Crippen LogP contribution in [0.2, 0.25) is 5.02 Å². The number of nitrogens with one attached hydrogen (secondary N) is 1. The second kappa shape index (κ2) is 10.0. The third-order valence-corrected chi connectivity index (χ3v) is 7.32. The van der Waals surface area contributed by atoms with Crippen molar-refractivity contribution in [3.05, 3.63) is 136 Å². The minimum absolute atomic E-state index is 0.281. The molecule has 4 heteroatoms. The van der Waals surface area contributed by atoms with Crippen LogP contribution >= 0.6 is 11.6 Å². The highest BCUT2D eigenvalue weighted by Gasteiger charge is 2.37. The zero-order valence-corrected chi connectivity index (χ0v) is 20.6. The Morgan fingerprint density at radius 3 is 2.58 bits per heavy atom. The molecular formula is C32H27ClN2O. The maximum atomic E-state index is 6.27. The third-order valence-electron chi connectivity index (χ3n) is 7.09. The van der Waals surface area contributed by atoms with Crippen LogP contribution in [-0.4, -0.2) is 6.21 Å². The predicted octanol–water partition coefficient (Wildman–Crippen LogP) is 8.50. The lowest BCUT2D eigenvalue weighted by Gasteiger charge is -2.37. The molecule has 0 saturated carbocycles. The molecule has 0 unspecified atom stereocenters. The van der Waals surface area contributed by atoms with Gasteiger partial charge in [-0.05, 0) is 65.4 Å². The monoisotopic (exact) mass is 490 g/mol. The van der Waals surface area contributed by atoms with Crippen LogP contribution in [-0.2, 0) is 6.61 Å². The average molecular weight is 491 g/mol. The van der Waals surface area contributed by atoms with Crippen molar-refractivity contribution in [2.24, 2.45) is 10.9 Å². The van der Waals surface area contributed by atoms with Crippen molar-refractivity contribution < 1.29 is 4.74 Å². The van der Waals surface area contributed by atoms with Crippen LogP contribution in [0, 0.1) is 5.92 Å². The first kappa shape index (κ1) is 22.6. The maximum Gasteiger partial charge on any atom is 0.128 e. The molecule has 1 heterocycles. The van der Waals surface area contributed by atoms with Crippen molar-refractivity contribution in [3.8, 4) is 5.75 Å². The van der Waals surface area contributed by atoms with Crippen LogP contribution in [0.25, 0.3) is 0 Å². The summed E-state index contributed by atoms with van der Waals surface area (Å²) >= 11 is 6.27. The van der Waals surface area contributed by atoms with Crippen LogP contribution in [0.4, 0.5) is 11.4 Å². The van der Waals surface area contributed by atoms with Crippen LogP contribution in [0.15, 0.2) is 114 Å². The summed E-state index contributed by atoms with van der Waals surface area (Å²) in [6.07, 6.45) is 7.62. The Kier molecular flexibility index (Phi) is 6.31. The van der Waals surface area contributed by atoms with E-state index in [1.165, 1.54) is 16.8 Å². The highest BCUT2D eigenvalue weighted by Crippen LogP contribution is 2.49. The number of allylic oxidation sites excluding steroid dienone is 2. The van der Waals surface area contributed by atoms with E-state index in [-0.39, 0.29) is 6.04 Å². The van der Waals surface area contributed by atoms with Gasteiger partial charge in [0.15, 0.2) is 0 Å². The van der Waals surface area contributed by atoms with Gasteiger partial charge in [0.1, 0.15) is 12.4 Å². The van der Waals surface area contributed by atoms with Crippen LogP contribution in [0.1, 0.15) is 40.6 Å². The first-order valence-corrected chi connectivity index (χ1v) is 12.7. The number of para-hydroxylation sites is 1. The molecule has 0 radical (unpaired) electrons. The normalized spacial score (nSPS) is 20.1. The van der Waals surface area contributed by atoms with Crippen LogP contribution < -0.4 is 10.1 Å². The number of halogens is 1. The van der Waals surface area contributed by atoms with Gasteiger partial charge in [-0.1, -0.05) is 84.4 Å². The molecule has 4 aromatic rings. The molecule has 2 aliphatic rings. The van der Waals surface area contributed by atoms with E-state index in [9.17, 15) is 0 Å². The van der Waals surface area contributed by atoms with E-state index in [0.29, 0.717) is 23.5 Å². The standard InChI is InChI=1S/C32H27ClN2O/c33-25-15-18-31(36-21-22-7-2-1-3-8-22)24(19-25)20-34-26-16-13-23(14-17-26)32-29-11-6-10-27(29)28-9-4-5-12-30(28)35-32/h1-10,12-20,27,29,32,35H,11,21H2/t27-,29+,32-/m0/s1. The van der Waals surface area contributed by atoms with Crippen molar-refractivity contribution >= 4 is 29.2 Å². The minimum Gasteiger partial charge on any atom is -0.488 e. The number of rotatable bonds is 6. The SMILES string of the molecule is Clc1ccc(OCc2ccccc2)c(C=Nc2ccc([C@@H]3Nc4ccccc4[C@@H]4C=CC[C@H]43)cc2)c1. The Labute approximate surface area is 217 Å². The van der Waals surface area contributed by atoms with Gasteiger partial charge < -0.3 is 10.1 Å². The van der Waals surface area contributed by atoms with Gasteiger partial charge >= 0.3 is 0 Å². The van der Waals surface area contributed by atoms with E-state index in [2.05, 4.69) is 78.1 Å². The fraction of sp³-hybridized carbons (Fsp3) is 0.156. The van der Waals surface area contributed by atoms with E-state index in [1.807, 2.05) is 42.6 Å². The van der Waals surface area contributed by atoms with Gasteiger partial charge in [-0.2, -0.15) is 0 Å².